The Labute approximate surface area is 299 Å². The Morgan fingerprint density at radius 2 is 1.76 bits per heavy atom. The van der Waals surface area contributed by atoms with Crippen molar-refractivity contribution in [1.29, 1.82) is 0 Å². The molecule has 1 aliphatic heterocycles. The number of anilines is 2. The molecule has 6 rings (SSSR count). The summed E-state index contributed by atoms with van der Waals surface area (Å²) in [6, 6.07) is 24.9. The molecule has 0 saturated carbocycles. The molecule has 0 bridgehead atoms. The first-order valence-electron chi connectivity index (χ1n) is 16.8. The third-order valence-electron chi connectivity index (χ3n) is 8.99. The molecule has 3 amide bonds. The van der Waals surface area contributed by atoms with Crippen LogP contribution in [0.5, 0.6) is 5.75 Å². The minimum Gasteiger partial charge on any atom is -0.506 e. The summed E-state index contributed by atoms with van der Waals surface area (Å²) in [5, 5.41) is 23.1. The number of rotatable bonds is 12. The van der Waals surface area contributed by atoms with Gasteiger partial charge in [-0.1, -0.05) is 83.6 Å². The number of H-pyrrole nitrogens is 1. The van der Waals surface area contributed by atoms with Gasteiger partial charge in [0.2, 0.25) is 5.91 Å². The van der Waals surface area contributed by atoms with Gasteiger partial charge in [0, 0.05) is 44.2 Å². The molecule has 0 aliphatic carbocycles. The molecule has 2 heterocycles. The Balaban J connectivity index is 0.912. The SMILES string of the molecule is Cc1cc(CNCCc2ccc(O)c3[nH]c(=O)sc23)cc(Cl)c1NC(=O)CCN1CCC(NC(=O)Nc2ccccc2-c2ccccc2)CC1. The molecule has 50 heavy (non-hydrogen) atoms. The third kappa shape index (κ3) is 8.91. The average molecular weight is 713 g/mol. The number of urea groups is 1. The van der Waals surface area contributed by atoms with Gasteiger partial charge >= 0.3 is 10.9 Å². The van der Waals surface area contributed by atoms with E-state index in [1.54, 1.807) is 6.07 Å². The zero-order chi connectivity index (χ0) is 35.0. The number of hydrogen-bond donors (Lipinski definition) is 6. The zero-order valence-electron chi connectivity index (χ0n) is 27.9. The second-order valence-electron chi connectivity index (χ2n) is 12.6. The average Bonchev–Trinajstić information content (AvgIpc) is 3.52. The first kappa shape index (κ1) is 35.2. The molecule has 0 radical (unpaired) electrons. The number of amides is 3. The highest BCUT2D eigenvalue weighted by atomic mass is 35.5. The van der Waals surface area contributed by atoms with Crippen LogP contribution in [0, 0.1) is 6.92 Å². The summed E-state index contributed by atoms with van der Waals surface area (Å²) in [7, 11) is 0. The number of para-hydroxylation sites is 1. The maximum absolute atomic E-state index is 12.9. The van der Waals surface area contributed by atoms with Crippen molar-refractivity contribution in [2.75, 3.05) is 36.8 Å². The summed E-state index contributed by atoms with van der Waals surface area (Å²) >= 11 is 7.72. The Morgan fingerprint density at radius 1 is 1.00 bits per heavy atom. The Morgan fingerprint density at radius 3 is 2.54 bits per heavy atom. The predicted molar refractivity (Wildman–Crippen MR) is 202 cm³/mol. The zero-order valence-corrected chi connectivity index (χ0v) is 29.4. The van der Waals surface area contributed by atoms with Crippen molar-refractivity contribution in [3.63, 3.8) is 0 Å². The summed E-state index contributed by atoms with van der Waals surface area (Å²) in [5.74, 6) is -0.0185. The molecule has 5 aromatic rings. The molecule has 0 unspecified atom stereocenters. The number of halogens is 1. The van der Waals surface area contributed by atoms with E-state index in [9.17, 15) is 19.5 Å². The van der Waals surface area contributed by atoms with Crippen molar-refractivity contribution in [1.82, 2.24) is 20.5 Å². The van der Waals surface area contributed by atoms with Gasteiger partial charge in [0.1, 0.15) is 11.3 Å². The number of aromatic nitrogens is 1. The molecule has 0 spiro atoms. The first-order chi connectivity index (χ1) is 24.2. The Bertz CT molecular complexity index is 2000. The van der Waals surface area contributed by atoms with E-state index in [0.717, 1.165) is 75.5 Å². The third-order valence-corrected chi connectivity index (χ3v) is 10.2. The quantitative estimate of drug-likeness (QED) is 0.0781. The maximum atomic E-state index is 12.9. The van der Waals surface area contributed by atoms with Crippen LogP contribution in [-0.4, -0.2) is 59.1 Å². The van der Waals surface area contributed by atoms with Crippen LogP contribution < -0.4 is 26.1 Å². The minimum atomic E-state index is -0.215. The van der Waals surface area contributed by atoms with E-state index in [-0.39, 0.29) is 28.6 Å². The molecule has 4 aromatic carbocycles. The molecule has 6 N–H and O–H groups in total. The van der Waals surface area contributed by atoms with Crippen LogP contribution >= 0.6 is 22.9 Å². The standard InChI is InChI=1S/C38H41ClN6O4S/c1-24-21-25(23-40-17-13-27-11-12-32(46)35-36(27)50-38(49)44-35)22-30(39)34(24)43-33(47)16-20-45-18-14-28(15-19-45)41-37(48)42-31-10-6-5-9-29(31)26-7-3-2-4-8-26/h2-12,21-22,28,40,46H,13-20,23H2,1H3,(H,43,47)(H,44,49)(H2,41,42,48). The second kappa shape index (κ2) is 16.4. The number of carbonyl (C=O) groups excluding carboxylic acids is 2. The fourth-order valence-electron chi connectivity index (χ4n) is 6.37. The van der Waals surface area contributed by atoms with Crippen molar-refractivity contribution in [3.05, 3.63) is 110 Å². The van der Waals surface area contributed by atoms with Gasteiger partial charge in [0.25, 0.3) is 0 Å². The number of nitrogens with one attached hydrogen (secondary N) is 5. The lowest BCUT2D eigenvalue weighted by Gasteiger charge is -2.32. The van der Waals surface area contributed by atoms with Crippen molar-refractivity contribution in [2.45, 2.75) is 45.2 Å². The predicted octanol–water partition coefficient (Wildman–Crippen LogP) is 6.87. The summed E-state index contributed by atoms with van der Waals surface area (Å²) in [5.41, 5.74) is 6.77. The number of aryl methyl sites for hydroxylation is 1. The highest BCUT2D eigenvalue weighted by Gasteiger charge is 2.22. The fourth-order valence-corrected chi connectivity index (χ4v) is 7.60. The van der Waals surface area contributed by atoms with Crippen molar-refractivity contribution in [2.24, 2.45) is 0 Å². The van der Waals surface area contributed by atoms with Crippen LogP contribution in [0.1, 0.15) is 36.0 Å². The van der Waals surface area contributed by atoms with Crippen LogP contribution in [0.25, 0.3) is 21.3 Å². The highest BCUT2D eigenvalue weighted by molar-refractivity contribution is 7.16. The van der Waals surface area contributed by atoms with Gasteiger partial charge in [-0.15, -0.1) is 0 Å². The smallest absolute Gasteiger partial charge is 0.319 e. The molecular formula is C38H41ClN6O4S. The number of likely N-dealkylation sites (tertiary alicyclic amines) is 1. The maximum Gasteiger partial charge on any atom is 0.319 e. The number of carbonyl (C=O) groups is 2. The van der Waals surface area contributed by atoms with E-state index in [4.69, 9.17) is 11.6 Å². The van der Waals surface area contributed by atoms with E-state index in [2.05, 4.69) is 31.2 Å². The van der Waals surface area contributed by atoms with Gasteiger partial charge in [-0.3, -0.25) is 9.59 Å². The molecule has 10 nitrogen and oxygen atoms in total. The second-order valence-corrected chi connectivity index (χ2v) is 14.0. The van der Waals surface area contributed by atoms with E-state index in [1.165, 1.54) is 0 Å². The minimum absolute atomic E-state index is 0.0638. The lowest BCUT2D eigenvalue weighted by Crippen LogP contribution is -2.46. The number of fused-ring (bicyclic) bond motifs is 1. The molecule has 1 saturated heterocycles. The van der Waals surface area contributed by atoms with Gasteiger partial charge in [-0.25, -0.2) is 4.79 Å². The molecular weight excluding hydrogens is 672 g/mol. The summed E-state index contributed by atoms with van der Waals surface area (Å²) in [4.78, 5) is 42.3. The molecule has 0 atom stereocenters. The molecule has 12 heteroatoms. The number of aromatic amines is 1. The van der Waals surface area contributed by atoms with Crippen LogP contribution in [0.15, 0.2) is 83.7 Å². The van der Waals surface area contributed by atoms with Crippen LogP contribution in [-0.2, 0) is 17.8 Å². The van der Waals surface area contributed by atoms with Gasteiger partial charge in [0.05, 0.1) is 21.1 Å². The normalized spacial score (nSPS) is 13.7. The van der Waals surface area contributed by atoms with Crippen molar-refractivity contribution < 1.29 is 14.7 Å². The van der Waals surface area contributed by atoms with Gasteiger partial charge < -0.3 is 36.3 Å². The topological polar surface area (TPSA) is 139 Å². The lowest BCUT2D eigenvalue weighted by molar-refractivity contribution is -0.116. The van der Waals surface area contributed by atoms with E-state index < -0.39 is 0 Å². The van der Waals surface area contributed by atoms with Gasteiger partial charge in [-0.05, 0) is 73.2 Å². The number of benzene rings is 4. The molecule has 1 aromatic heterocycles. The van der Waals surface area contributed by atoms with Crippen molar-refractivity contribution in [3.8, 4) is 16.9 Å². The number of hydrogen-bond acceptors (Lipinski definition) is 7. The Kier molecular flexibility index (Phi) is 11.5. The van der Waals surface area contributed by atoms with E-state index in [0.29, 0.717) is 48.7 Å². The Hall–Kier alpha value is -4.68. The van der Waals surface area contributed by atoms with E-state index >= 15 is 0 Å². The van der Waals surface area contributed by atoms with Crippen molar-refractivity contribution >= 4 is 56.5 Å². The number of aromatic hydroxyl groups is 1. The van der Waals surface area contributed by atoms with E-state index in [1.807, 2.05) is 79.7 Å². The number of thiazole rings is 1. The highest BCUT2D eigenvalue weighted by Crippen LogP contribution is 2.30. The van der Waals surface area contributed by atoms with Gasteiger partial charge in [-0.2, -0.15) is 0 Å². The first-order valence-corrected chi connectivity index (χ1v) is 18.0. The number of piperidine rings is 1. The summed E-state index contributed by atoms with van der Waals surface area (Å²) in [6.45, 7) is 5.41. The van der Waals surface area contributed by atoms with Crippen LogP contribution in [0.2, 0.25) is 5.02 Å². The summed E-state index contributed by atoms with van der Waals surface area (Å²) in [6.07, 6.45) is 2.65. The largest absolute Gasteiger partial charge is 0.506 e. The monoisotopic (exact) mass is 712 g/mol. The number of phenolic OH excluding ortho intramolecular Hbond substituents is 1. The van der Waals surface area contributed by atoms with Crippen LogP contribution in [0.4, 0.5) is 16.2 Å². The van der Waals surface area contributed by atoms with Gasteiger partial charge in [0.15, 0.2) is 0 Å². The fraction of sp³-hybridized carbons (Fsp3) is 0.289. The molecule has 1 aliphatic rings. The lowest BCUT2D eigenvalue weighted by atomic mass is 10.0. The molecule has 1 fully saturated rings. The summed E-state index contributed by atoms with van der Waals surface area (Å²) < 4.78 is 0.777. The number of nitrogens with zero attached hydrogens (tertiary/aromatic N) is 1. The molecule has 260 valence electrons. The number of phenols is 1. The van der Waals surface area contributed by atoms with Crippen LogP contribution in [0.3, 0.4) is 0 Å².